The highest BCUT2D eigenvalue weighted by atomic mass is 16.6. The smallest absolute Gasteiger partial charge is 0.309 e. The van der Waals surface area contributed by atoms with Crippen molar-refractivity contribution in [2.45, 2.75) is 57.7 Å². The molecule has 4 aliphatic rings. The second-order valence-corrected chi connectivity index (χ2v) is 8.39. The molecule has 4 rings (SSSR count). The van der Waals surface area contributed by atoms with Gasteiger partial charge in [-0.15, -0.1) is 0 Å². The average molecular weight is 308 g/mol. The van der Waals surface area contributed by atoms with Gasteiger partial charge in [-0.3, -0.25) is 9.59 Å². The van der Waals surface area contributed by atoms with Crippen LogP contribution in [0.5, 0.6) is 0 Å². The number of methoxy groups -OCH3 is 1. The summed E-state index contributed by atoms with van der Waals surface area (Å²) in [4.78, 5) is 24.5. The van der Waals surface area contributed by atoms with Crippen LogP contribution in [0.4, 0.5) is 0 Å². The van der Waals surface area contributed by atoms with Gasteiger partial charge in [-0.05, 0) is 36.5 Å². The summed E-state index contributed by atoms with van der Waals surface area (Å²) in [6.07, 6.45) is 2.80. The summed E-state index contributed by atoms with van der Waals surface area (Å²) in [6.45, 7) is 4.09. The Bertz CT molecular complexity index is 555. The van der Waals surface area contributed by atoms with Gasteiger partial charge in [0, 0.05) is 18.3 Å². The Balaban J connectivity index is 1.89. The Hall–Kier alpha value is -1.10. The van der Waals surface area contributed by atoms with Gasteiger partial charge >= 0.3 is 11.9 Å². The number of carbonyl (C=O) groups excluding carboxylic acids is 2. The van der Waals surface area contributed by atoms with Crippen LogP contribution in [0.25, 0.3) is 0 Å². The van der Waals surface area contributed by atoms with Gasteiger partial charge in [0.1, 0.15) is 5.60 Å². The van der Waals surface area contributed by atoms with E-state index in [2.05, 4.69) is 0 Å². The minimum absolute atomic E-state index is 0.162. The summed E-state index contributed by atoms with van der Waals surface area (Å²) in [5.74, 6) is -0.309. The van der Waals surface area contributed by atoms with Crippen molar-refractivity contribution in [2.24, 2.45) is 28.6 Å². The van der Waals surface area contributed by atoms with E-state index in [0.717, 1.165) is 19.3 Å². The molecule has 0 aromatic rings. The topological polar surface area (TPSA) is 72.8 Å². The first-order valence-electron chi connectivity index (χ1n) is 8.26. The number of hydrogen-bond donors (Lipinski definition) is 1. The summed E-state index contributed by atoms with van der Waals surface area (Å²) in [5, 5.41) is 11.0. The summed E-state index contributed by atoms with van der Waals surface area (Å²) in [7, 11) is 1.41. The van der Waals surface area contributed by atoms with Crippen molar-refractivity contribution in [3.05, 3.63) is 0 Å². The zero-order valence-electron chi connectivity index (χ0n) is 13.4. The summed E-state index contributed by atoms with van der Waals surface area (Å²) in [6, 6.07) is 0. The first kappa shape index (κ1) is 14.5. The second-order valence-electron chi connectivity index (χ2n) is 8.39. The molecular formula is C17H24O5. The molecule has 1 spiro atoms. The zero-order chi connectivity index (χ0) is 15.9. The van der Waals surface area contributed by atoms with E-state index in [4.69, 9.17) is 9.47 Å². The highest BCUT2D eigenvalue weighted by Gasteiger charge is 2.81. The van der Waals surface area contributed by atoms with E-state index >= 15 is 0 Å². The molecule has 1 heterocycles. The Labute approximate surface area is 130 Å². The molecular weight excluding hydrogens is 284 g/mol. The minimum atomic E-state index is -0.892. The maximum atomic E-state index is 12.3. The predicted molar refractivity (Wildman–Crippen MR) is 76.6 cm³/mol. The van der Waals surface area contributed by atoms with Crippen LogP contribution in [0.15, 0.2) is 0 Å². The highest BCUT2D eigenvalue weighted by Crippen LogP contribution is 2.77. The van der Waals surface area contributed by atoms with Crippen molar-refractivity contribution in [2.75, 3.05) is 7.11 Å². The zero-order valence-corrected chi connectivity index (χ0v) is 13.4. The van der Waals surface area contributed by atoms with Crippen molar-refractivity contribution in [1.82, 2.24) is 0 Å². The SMILES string of the molecule is COC(=O)[C@@H]1C[C@@]23OC(=O)C[C@H]4CC[C@@H]1[C@]42CC(C)(C)[C@H]3O. The molecule has 1 N–H and O–H groups in total. The van der Waals surface area contributed by atoms with Gasteiger partial charge in [-0.25, -0.2) is 0 Å². The van der Waals surface area contributed by atoms with Gasteiger partial charge < -0.3 is 14.6 Å². The van der Waals surface area contributed by atoms with Gasteiger partial charge in [0.05, 0.1) is 19.1 Å². The predicted octanol–water partition coefficient (Wildman–Crippen LogP) is 1.67. The van der Waals surface area contributed by atoms with Crippen LogP contribution in [-0.4, -0.2) is 35.9 Å². The van der Waals surface area contributed by atoms with Crippen LogP contribution in [0.3, 0.4) is 0 Å². The number of esters is 2. The van der Waals surface area contributed by atoms with Crippen LogP contribution >= 0.6 is 0 Å². The lowest BCUT2D eigenvalue weighted by Crippen LogP contribution is -2.58. The number of hydrogen-bond acceptors (Lipinski definition) is 5. The van der Waals surface area contributed by atoms with Crippen molar-refractivity contribution in [3.63, 3.8) is 0 Å². The Morgan fingerprint density at radius 3 is 2.77 bits per heavy atom. The lowest BCUT2D eigenvalue weighted by Gasteiger charge is -2.48. The molecule has 5 nitrogen and oxygen atoms in total. The normalized spacial score (nSPS) is 51.2. The van der Waals surface area contributed by atoms with Gasteiger partial charge in [0.2, 0.25) is 0 Å². The fourth-order valence-electron chi connectivity index (χ4n) is 6.67. The Morgan fingerprint density at radius 2 is 2.09 bits per heavy atom. The molecule has 1 aliphatic heterocycles. The third-order valence-electron chi connectivity index (χ3n) is 7.16. The van der Waals surface area contributed by atoms with E-state index in [0.29, 0.717) is 12.8 Å². The Kier molecular flexibility index (Phi) is 2.67. The number of ether oxygens (including phenoxy) is 2. The van der Waals surface area contributed by atoms with E-state index < -0.39 is 11.7 Å². The first-order chi connectivity index (χ1) is 10.3. The van der Waals surface area contributed by atoms with E-state index in [1.54, 1.807) is 0 Å². The quantitative estimate of drug-likeness (QED) is 0.746. The fraction of sp³-hybridized carbons (Fsp3) is 0.882. The lowest BCUT2D eigenvalue weighted by molar-refractivity contribution is -0.211. The molecule has 3 saturated carbocycles. The molecule has 1 saturated heterocycles. The monoisotopic (exact) mass is 308 g/mol. The van der Waals surface area contributed by atoms with Crippen LogP contribution < -0.4 is 0 Å². The second kappa shape index (κ2) is 4.05. The molecule has 0 unspecified atom stereocenters. The third-order valence-corrected chi connectivity index (χ3v) is 7.16. The van der Waals surface area contributed by atoms with Crippen LogP contribution in [0.1, 0.15) is 46.0 Å². The van der Waals surface area contributed by atoms with Crippen molar-refractivity contribution >= 4 is 11.9 Å². The third kappa shape index (κ3) is 1.35. The van der Waals surface area contributed by atoms with Crippen LogP contribution in [0, 0.1) is 28.6 Å². The standard InChI is InChI=1S/C17H24O5/c1-15(2)8-16-9-4-5-11(16)10(13(19)21-3)7-17(16,14(15)20)22-12(18)6-9/h9-11,14,20H,4-8H2,1-3H3/t9-,10-,11+,14-,16+,17+/m1/s1. The first-order valence-corrected chi connectivity index (χ1v) is 8.26. The number of aliphatic hydroxyl groups excluding tert-OH is 1. The maximum absolute atomic E-state index is 12.3. The summed E-state index contributed by atoms with van der Waals surface area (Å²) >= 11 is 0. The van der Waals surface area contributed by atoms with E-state index in [1.165, 1.54) is 7.11 Å². The molecule has 5 heteroatoms. The van der Waals surface area contributed by atoms with Crippen LogP contribution in [0.2, 0.25) is 0 Å². The molecule has 0 aromatic heterocycles. The van der Waals surface area contributed by atoms with Gasteiger partial charge in [-0.1, -0.05) is 13.8 Å². The molecule has 122 valence electrons. The van der Waals surface area contributed by atoms with Gasteiger partial charge in [0.25, 0.3) is 0 Å². The number of rotatable bonds is 1. The molecule has 0 radical (unpaired) electrons. The van der Waals surface area contributed by atoms with E-state index in [1.807, 2.05) is 13.8 Å². The van der Waals surface area contributed by atoms with Crippen molar-refractivity contribution in [3.8, 4) is 0 Å². The van der Waals surface area contributed by atoms with Crippen molar-refractivity contribution in [1.29, 1.82) is 0 Å². The summed E-state index contributed by atoms with van der Waals surface area (Å²) < 4.78 is 10.9. The minimum Gasteiger partial charge on any atom is -0.469 e. The fourth-order valence-corrected chi connectivity index (χ4v) is 6.67. The largest absolute Gasteiger partial charge is 0.469 e. The molecule has 6 atom stereocenters. The van der Waals surface area contributed by atoms with E-state index in [9.17, 15) is 14.7 Å². The van der Waals surface area contributed by atoms with Crippen LogP contribution in [-0.2, 0) is 19.1 Å². The average Bonchev–Trinajstić information content (AvgIpc) is 2.99. The molecule has 0 aromatic carbocycles. The van der Waals surface area contributed by atoms with Crippen molar-refractivity contribution < 1.29 is 24.2 Å². The molecule has 3 aliphatic carbocycles. The van der Waals surface area contributed by atoms with E-state index in [-0.39, 0.29) is 40.5 Å². The molecule has 4 fully saturated rings. The number of carbonyl (C=O) groups is 2. The maximum Gasteiger partial charge on any atom is 0.309 e. The molecule has 22 heavy (non-hydrogen) atoms. The summed E-state index contributed by atoms with van der Waals surface area (Å²) in [5.41, 5.74) is -1.44. The van der Waals surface area contributed by atoms with Gasteiger partial charge in [-0.2, -0.15) is 0 Å². The number of aliphatic hydroxyl groups is 1. The molecule has 0 bridgehead atoms. The highest BCUT2D eigenvalue weighted by molar-refractivity contribution is 5.77. The molecule has 0 amide bonds. The lowest BCUT2D eigenvalue weighted by atomic mass is 9.63. The van der Waals surface area contributed by atoms with Gasteiger partial charge in [0.15, 0.2) is 0 Å². The Morgan fingerprint density at radius 1 is 1.36 bits per heavy atom.